The van der Waals surface area contributed by atoms with E-state index in [2.05, 4.69) is 48.2 Å². The lowest BCUT2D eigenvalue weighted by Gasteiger charge is -2.33. The Morgan fingerprint density at radius 3 is 2.87 bits per heavy atom. The molecule has 3 rings (SSSR count). The van der Waals surface area contributed by atoms with Crippen molar-refractivity contribution in [1.29, 1.82) is 0 Å². The van der Waals surface area contributed by atoms with Gasteiger partial charge in [-0.05, 0) is 36.4 Å². The van der Waals surface area contributed by atoms with E-state index in [9.17, 15) is 0 Å². The van der Waals surface area contributed by atoms with Crippen LogP contribution in [0, 0.1) is 0 Å². The first-order valence-corrected chi connectivity index (χ1v) is 8.47. The molecule has 0 saturated carbocycles. The van der Waals surface area contributed by atoms with Crippen LogP contribution in [0.15, 0.2) is 34.8 Å². The van der Waals surface area contributed by atoms with Gasteiger partial charge in [0, 0.05) is 32.4 Å². The number of aromatic nitrogens is 2. The molecule has 8 heteroatoms. The summed E-state index contributed by atoms with van der Waals surface area (Å²) in [5.41, 5.74) is 1.05. The van der Waals surface area contributed by atoms with Crippen LogP contribution in [0.1, 0.15) is 18.5 Å². The normalized spacial score (nSPS) is 16.0. The van der Waals surface area contributed by atoms with Gasteiger partial charge in [-0.1, -0.05) is 0 Å². The van der Waals surface area contributed by atoms with E-state index >= 15 is 0 Å². The molecule has 2 aromatic rings. The third-order valence-corrected chi connectivity index (χ3v) is 4.81. The smallest absolute Gasteiger partial charge is 0.191 e. The van der Waals surface area contributed by atoms with Crippen molar-refractivity contribution in [3.63, 3.8) is 0 Å². The van der Waals surface area contributed by atoms with Crippen LogP contribution in [0.5, 0.6) is 0 Å². The number of hydrogen-bond donors (Lipinski definition) is 3. The zero-order valence-corrected chi connectivity index (χ0v) is 16.3. The van der Waals surface area contributed by atoms with Gasteiger partial charge in [-0.15, -0.1) is 35.3 Å². The quantitative estimate of drug-likeness (QED) is 0.384. The standard InChI is InChI=1S/C15H22N6S.HI/c1-16-15(17-11-13-4-7-18-20-13)19-12-5-8-21(9-6-12)14-3-2-10-22-14;/h2-4,7,10,12H,5-6,8-9,11H2,1H3,(H,18,20)(H2,16,17,19);1H. The van der Waals surface area contributed by atoms with Crippen LogP contribution in [0.2, 0.25) is 0 Å². The highest BCUT2D eigenvalue weighted by molar-refractivity contribution is 14.0. The predicted octanol–water partition coefficient (Wildman–Crippen LogP) is 2.42. The molecule has 0 spiro atoms. The van der Waals surface area contributed by atoms with Gasteiger partial charge in [0.25, 0.3) is 0 Å². The average Bonchev–Trinajstić information content (AvgIpc) is 3.25. The predicted molar refractivity (Wildman–Crippen MR) is 107 cm³/mol. The lowest BCUT2D eigenvalue weighted by atomic mass is 10.1. The van der Waals surface area contributed by atoms with Crippen molar-refractivity contribution < 1.29 is 0 Å². The number of piperidine rings is 1. The monoisotopic (exact) mass is 446 g/mol. The van der Waals surface area contributed by atoms with Crippen molar-refractivity contribution in [2.45, 2.75) is 25.4 Å². The summed E-state index contributed by atoms with van der Waals surface area (Å²) in [6.07, 6.45) is 4.01. The summed E-state index contributed by atoms with van der Waals surface area (Å²) in [6.45, 7) is 2.89. The minimum Gasteiger partial charge on any atom is -0.363 e. The number of anilines is 1. The second kappa shape index (κ2) is 9.11. The first-order chi connectivity index (χ1) is 10.8. The van der Waals surface area contributed by atoms with Crippen molar-refractivity contribution in [2.24, 2.45) is 4.99 Å². The SMILES string of the molecule is CN=C(NCc1ccn[nH]1)NC1CCN(c2cccs2)CC1.I. The van der Waals surface area contributed by atoms with Crippen molar-refractivity contribution in [2.75, 3.05) is 25.0 Å². The van der Waals surface area contributed by atoms with Crippen LogP contribution in [-0.2, 0) is 6.54 Å². The molecule has 0 bridgehead atoms. The molecule has 0 radical (unpaired) electrons. The van der Waals surface area contributed by atoms with Gasteiger partial charge in [0.15, 0.2) is 5.96 Å². The molecule has 0 aromatic carbocycles. The Bertz CT molecular complexity index is 575. The average molecular weight is 446 g/mol. The maximum atomic E-state index is 4.30. The number of aromatic amines is 1. The molecule has 6 nitrogen and oxygen atoms in total. The Balaban J connectivity index is 0.00000192. The number of nitrogens with zero attached hydrogens (tertiary/aromatic N) is 3. The van der Waals surface area contributed by atoms with Crippen LogP contribution in [0.3, 0.4) is 0 Å². The number of nitrogens with one attached hydrogen (secondary N) is 3. The van der Waals surface area contributed by atoms with Crippen LogP contribution in [0.25, 0.3) is 0 Å². The number of rotatable bonds is 4. The first kappa shape index (κ1) is 18.1. The van der Waals surface area contributed by atoms with Crippen LogP contribution in [-0.4, -0.2) is 42.3 Å². The topological polar surface area (TPSA) is 68.3 Å². The molecule has 3 N–H and O–H groups in total. The maximum absolute atomic E-state index is 4.30. The van der Waals surface area contributed by atoms with E-state index in [1.165, 1.54) is 5.00 Å². The Morgan fingerprint density at radius 1 is 1.43 bits per heavy atom. The molecule has 0 unspecified atom stereocenters. The highest BCUT2D eigenvalue weighted by atomic mass is 127. The Labute approximate surface area is 157 Å². The van der Waals surface area contributed by atoms with Gasteiger partial charge in [0.2, 0.25) is 0 Å². The van der Waals surface area contributed by atoms with Crippen molar-refractivity contribution in [3.05, 3.63) is 35.5 Å². The molecule has 3 heterocycles. The Hall–Kier alpha value is -1.29. The largest absolute Gasteiger partial charge is 0.363 e. The van der Waals surface area contributed by atoms with Gasteiger partial charge in [-0.3, -0.25) is 10.1 Å². The van der Waals surface area contributed by atoms with Gasteiger partial charge in [-0.25, -0.2) is 0 Å². The van der Waals surface area contributed by atoms with Crippen molar-refractivity contribution in [1.82, 2.24) is 20.8 Å². The molecule has 1 fully saturated rings. The second-order valence-electron chi connectivity index (χ2n) is 5.36. The zero-order valence-electron chi connectivity index (χ0n) is 13.2. The number of H-pyrrole nitrogens is 1. The molecule has 2 aromatic heterocycles. The first-order valence-electron chi connectivity index (χ1n) is 7.59. The van der Waals surface area contributed by atoms with Crippen LogP contribution < -0.4 is 15.5 Å². The number of aliphatic imine (C=N–C) groups is 1. The van der Waals surface area contributed by atoms with Crippen LogP contribution in [0.4, 0.5) is 5.00 Å². The lowest BCUT2D eigenvalue weighted by Crippen LogP contribution is -2.48. The number of guanidine groups is 1. The highest BCUT2D eigenvalue weighted by Gasteiger charge is 2.20. The third-order valence-electron chi connectivity index (χ3n) is 3.88. The van der Waals surface area contributed by atoms with E-state index in [0.717, 1.165) is 37.6 Å². The maximum Gasteiger partial charge on any atom is 0.191 e. The molecule has 0 atom stereocenters. The fraction of sp³-hybridized carbons (Fsp3) is 0.467. The summed E-state index contributed by atoms with van der Waals surface area (Å²) < 4.78 is 0. The van der Waals surface area contributed by atoms with E-state index in [4.69, 9.17) is 0 Å². The van der Waals surface area contributed by atoms with Gasteiger partial charge >= 0.3 is 0 Å². The summed E-state index contributed by atoms with van der Waals surface area (Å²) in [5.74, 6) is 0.851. The summed E-state index contributed by atoms with van der Waals surface area (Å²) in [5, 5.41) is 17.2. The molecule has 23 heavy (non-hydrogen) atoms. The fourth-order valence-electron chi connectivity index (χ4n) is 2.64. The van der Waals surface area contributed by atoms with Gasteiger partial charge < -0.3 is 15.5 Å². The lowest BCUT2D eigenvalue weighted by molar-refractivity contribution is 0.462. The van der Waals surface area contributed by atoms with Gasteiger partial charge in [0.1, 0.15) is 0 Å². The molecular weight excluding hydrogens is 423 g/mol. The molecular formula is C15H23IN6S. The molecule has 126 valence electrons. The number of halogens is 1. The van der Waals surface area contributed by atoms with Crippen molar-refractivity contribution in [3.8, 4) is 0 Å². The molecule has 1 aliphatic rings. The minimum atomic E-state index is 0. The molecule has 0 aliphatic carbocycles. The van der Waals surface area contributed by atoms with Crippen LogP contribution >= 0.6 is 35.3 Å². The van der Waals surface area contributed by atoms with E-state index < -0.39 is 0 Å². The third kappa shape index (κ3) is 5.10. The molecule has 1 saturated heterocycles. The second-order valence-corrected chi connectivity index (χ2v) is 6.29. The molecule has 0 amide bonds. The van der Waals surface area contributed by atoms with E-state index in [0.29, 0.717) is 12.6 Å². The summed E-state index contributed by atoms with van der Waals surface area (Å²) in [6, 6.07) is 6.75. The van der Waals surface area contributed by atoms with Crippen molar-refractivity contribution >= 4 is 46.3 Å². The van der Waals surface area contributed by atoms with E-state index in [-0.39, 0.29) is 24.0 Å². The minimum absolute atomic E-state index is 0. The van der Waals surface area contributed by atoms with Gasteiger partial charge in [-0.2, -0.15) is 5.10 Å². The summed E-state index contributed by atoms with van der Waals surface area (Å²) >= 11 is 1.82. The summed E-state index contributed by atoms with van der Waals surface area (Å²) in [4.78, 5) is 6.76. The highest BCUT2D eigenvalue weighted by Crippen LogP contribution is 2.24. The van der Waals surface area contributed by atoms with E-state index in [1.807, 2.05) is 24.5 Å². The Kier molecular flexibility index (Phi) is 7.15. The van der Waals surface area contributed by atoms with Gasteiger partial charge in [0.05, 0.1) is 17.2 Å². The summed E-state index contributed by atoms with van der Waals surface area (Å²) in [7, 11) is 1.81. The Morgan fingerprint density at radius 2 is 2.26 bits per heavy atom. The fourth-order valence-corrected chi connectivity index (χ4v) is 3.43. The van der Waals surface area contributed by atoms with E-state index in [1.54, 1.807) is 6.20 Å². The number of hydrogen-bond acceptors (Lipinski definition) is 4. The zero-order chi connectivity index (χ0) is 15.2. The molecule has 1 aliphatic heterocycles. The number of thiophene rings is 1.